The molecule has 1 heterocycles. The van der Waals surface area contributed by atoms with Crippen LogP contribution in [-0.2, 0) is 19.1 Å². The topological polar surface area (TPSA) is 97.1 Å². The Morgan fingerprint density at radius 2 is 1.09 bits per heavy atom. The van der Waals surface area contributed by atoms with Crippen molar-refractivity contribution in [2.24, 2.45) is 5.73 Å². The van der Waals surface area contributed by atoms with Gasteiger partial charge in [-0.25, -0.2) is 0 Å². The Morgan fingerprint density at radius 1 is 0.638 bits per heavy atom. The van der Waals surface area contributed by atoms with Gasteiger partial charge in [-0.3, -0.25) is 14.5 Å². The fraction of sp³-hybridized carbons (Fsp3) is 0.949. The second kappa shape index (κ2) is 33.3. The van der Waals surface area contributed by atoms with E-state index in [2.05, 4.69) is 29.0 Å². The highest BCUT2D eigenvalue weighted by Crippen LogP contribution is 2.13. The molecular weight excluding hydrogens is 588 g/mol. The first-order valence-electron chi connectivity index (χ1n) is 20.3. The van der Waals surface area contributed by atoms with Crippen molar-refractivity contribution in [1.82, 2.24) is 15.1 Å². The maximum atomic E-state index is 12.4. The molecule has 0 atom stereocenters. The van der Waals surface area contributed by atoms with E-state index >= 15 is 0 Å². The monoisotopic (exact) mass is 667 g/mol. The molecule has 0 saturated carbocycles. The molecule has 0 unspecified atom stereocenters. The Balaban J connectivity index is 2.28. The number of piperidine rings is 1. The summed E-state index contributed by atoms with van der Waals surface area (Å²) in [6, 6.07) is 0.616. The van der Waals surface area contributed by atoms with Crippen LogP contribution in [0.3, 0.4) is 0 Å². The van der Waals surface area contributed by atoms with Crippen molar-refractivity contribution < 1.29 is 19.1 Å². The van der Waals surface area contributed by atoms with E-state index in [1.165, 1.54) is 103 Å². The third kappa shape index (κ3) is 28.3. The van der Waals surface area contributed by atoms with Gasteiger partial charge in [0.2, 0.25) is 0 Å². The van der Waals surface area contributed by atoms with Crippen LogP contribution in [0.15, 0.2) is 0 Å². The molecule has 0 bridgehead atoms. The Morgan fingerprint density at radius 3 is 1.53 bits per heavy atom. The molecule has 47 heavy (non-hydrogen) atoms. The van der Waals surface area contributed by atoms with Crippen LogP contribution in [0.25, 0.3) is 0 Å². The fourth-order valence-electron chi connectivity index (χ4n) is 6.50. The number of unbranched alkanes of at least 4 members (excludes halogenated alkanes) is 16. The Bertz CT molecular complexity index is 662. The van der Waals surface area contributed by atoms with Crippen LogP contribution in [0.1, 0.15) is 168 Å². The predicted molar refractivity (Wildman–Crippen MR) is 198 cm³/mol. The SMILES string of the molecule is CCCCCCCCCCCC(=O)OCCN(CCCN1CCC(NCCCN)CC1)CCOC(=O)CCCCCCCCCCC. The fourth-order valence-corrected chi connectivity index (χ4v) is 6.50. The lowest BCUT2D eigenvalue weighted by atomic mass is 10.0. The number of nitrogens with two attached hydrogens (primary N) is 1. The van der Waals surface area contributed by atoms with Gasteiger partial charge in [0.15, 0.2) is 0 Å². The standard InChI is InChI=1S/C39H78N4O4/c1-3-5-7-9-11-13-15-17-19-23-38(44)46-35-33-43(30-22-29-42-31-25-37(26-32-42)41-28-21-27-40)34-36-47-39(45)24-20-18-16-14-12-10-8-6-4-2/h37,41H,3-36,40H2,1-2H3. The predicted octanol–water partition coefficient (Wildman–Crippen LogP) is 8.01. The zero-order chi connectivity index (χ0) is 34.0. The summed E-state index contributed by atoms with van der Waals surface area (Å²) in [5, 5.41) is 3.64. The highest BCUT2D eigenvalue weighted by Gasteiger charge is 2.18. The summed E-state index contributed by atoms with van der Waals surface area (Å²) in [6.45, 7) is 12.7. The second-order valence-electron chi connectivity index (χ2n) is 14.0. The minimum absolute atomic E-state index is 0.0803. The number of nitrogens with zero attached hydrogens (tertiary/aromatic N) is 2. The maximum Gasteiger partial charge on any atom is 0.305 e. The molecule has 0 aromatic heterocycles. The van der Waals surface area contributed by atoms with Crippen LogP contribution in [0.2, 0.25) is 0 Å². The number of carbonyl (C=O) groups excluding carboxylic acids is 2. The number of hydrogen-bond donors (Lipinski definition) is 2. The maximum absolute atomic E-state index is 12.4. The van der Waals surface area contributed by atoms with Gasteiger partial charge in [-0.1, -0.05) is 117 Å². The molecule has 8 heteroatoms. The van der Waals surface area contributed by atoms with E-state index in [0.717, 1.165) is 77.8 Å². The normalized spacial score (nSPS) is 14.2. The van der Waals surface area contributed by atoms with Gasteiger partial charge in [0.1, 0.15) is 13.2 Å². The van der Waals surface area contributed by atoms with Crippen molar-refractivity contribution in [3.05, 3.63) is 0 Å². The van der Waals surface area contributed by atoms with Gasteiger partial charge in [0, 0.05) is 32.0 Å². The van der Waals surface area contributed by atoms with E-state index in [9.17, 15) is 9.59 Å². The molecule has 0 amide bonds. The first-order valence-corrected chi connectivity index (χ1v) is 20.3. The van der Waals surface area contributed by atoms with E-state index in [4.69, 9.17) is 15.2 Å². The molecule has 1 rings (SSSR count). The Kier molecular flexibility index (Phi) is 31.0. The molecule has 0 aromatic carbocycles. The highest BCUT2D eigenvalue weighted by molar-refractivity contribution is 5.69. The number of likely N-dealkylation sites (tertiary alicyclic amines) is 1. The minimum Gasteiger partial charge on any atom is -0.464 e. The number of ether oxygens (including phenoxy) is 2. The summed E-state index contributed by atoms with van der Waals surface area (Å²) >= 11 is 0. The Labute approximate surface area is 291 Å². The lowest BCUT2D eigenvalue weighted by molar-refractivity contribution is -0.144. The molecule has 0 aliphatic carbocycles. The largest absolute Gasteiger partial charge is 0.464 e. The third-order valence-corrected chi connectivity index (χ3v) is 9.66. The molecule has 3 N–H and O–H groups in total. The van der Waals surface area contributed by atoms with Crippen molar-refractivity contribution in [3.63, 3.8) is 0 Å². The molecule has 0 spiro atoms. The van der Waals surface area contributed by atoms with Crippen molar-refractivity contribution in [2.45, 2.75) is 174 Å². The van der Waals surface area contributed by atoms with E-state index in [1.54, 1.807) is 0 Å². The van der Waals surface area contributed by atoms with Gasteiger partial charge in [0.25, 0.3) is 0 Å². The van der Waals surface area contributed by atoms with Gasteiger partial charge < -0.3 is 25.4 Å². The van der Waals surface area contributed by atoms with E-state index in [-0.39, 0.29) is 11.9 Å². The van der Waals surface area contributed by atoms with Gasteiger partial charge in [-0.15, -0.1) is 0 Å². The smallest absolute Gasteiger partial charge is 0.305 e. The van der Waals surface area contributed by atoms with E-state index in [1.807, 2.05) is 0 Å². The van der Waals surface area contributed by atoms with Crippen molar-refractivity contribution in [1.29, 1.82) is 0 Å². The summed E-state index contributed by atoms with van der Waals surface area (Å²) in [5.41, 5.74) is 5.63. The summed E-state index contributed by atoms with van der Waals surface area (Å²) in [4.78, 5) is 29.6. The molecule has 1 aliphatic heterocycles. The minimum atomic E-state index is -0.0803. The first-order chi connectivity index (χ1) is 23.1. The molecule has 8 nitrogen and oxygen atoms in total. The summed E-state index contributed by atoms with van der Waals surface area (Å²) in [7, 11) is 0. The summed E-state index contributed by atoms with van der Waals surface area (Å²) in [6.07, 6.45) is 27.9. The number of carbonyl (C=O) groups is 2. The number of hydrogen-bond acceptors (Lipinski definition) is 8. The van der Waals surface area contributed by atoms with E-state index in [0.29, 0.717) is 45.2 Å². The molecule has 278 valence electrons. The van der Waals surface area contributed by atoms with Crippen LogP contribution in [0.4, 0.5) is 0 Å². The third-order valence-electron chi connectivity index (χ3n) is 9.66. The Hall–Kier alpha value is -1.22. The first kappa shape index (κ1) is 43.8. The van der Waals surface area contributed by atoms with Crippen LogP contribution in [-0.4, -0.2) is 93.4 Å². The van der Waals surface area contributed by atoms with Gasteiger partial charge in [-0.2, -0.15) is 0 Å². The van der Waals surface area contributed by atoms with Crippen molar-refractivity contribution in [3.8, 4) is 0 Å². The van der Waals surface area contributed by atoms with Crippen LogP contribution in [0.5, 0.6) is 0 Å². The number of nitrogens with one attached hydrogen (secondary N) is 1. The van der Waals surface area contributed by atoms with Gasteiger partial charge >= 0.3 is 11.9 Å². The molecule has 1 saturated heterocycles. The quantitative estimate of drug-likeness (QED) is 0.0527. The van der Waals surface area contributed by atoms with Crippen LogP contribution in [0, 0.1) is 0 Å². The molecule has 1 aliphatic rings. The zero-order valence-electron chi connectivity index (χ0n) is 31.2. The molecule has 1 fully saturated rings. The summed E-state index contributed by atoms with van der Waals surface area (Å²) < 4.78 is 11.2. The second-order valence-corrected chi connectivity index (χ2v) is 14.0. The van der Waals surface area contributed by atoms with Crippen LogP contribution >= 0.6 is 0 Å². The van der Waals surface area contributed by atoms with E-state index < -0.39 is 0 Å². The zero-order valence-corrected chi connectivity index (χ0v) is 31.2. The lowest BCUT2D eigenvalue weighted by Gasteiger charge is -2.33. The average molecular weight is 667 g/mol. The van der Waals surface area contributed by atoms with Crippen molar-refractivity contribution >= 4 is 11.9 Å². The number of esters is 2. The molecule has 0 aromatic rings. The number of rotatable bonds is 34. The molecule has 0 radical (unpaired) electrons. The average Bonchev–Trinajstić information content (AvgIpc) is 3.07. The van der Waals surface area contributed by atoms with Gasteiger partial charge in [-0.05, 0) is 77.8 Å². The van der Waals surface area contributed by atoms with Crippen molar-refractivity contribution in [2.75, 3.05) is 65.6 Å². The van der Waals surface area contributed by atoms with Crippen LogP contribution < -0.4 is 11.1 Å². The lowest BCUT2D eigenvalue weighted by Crippen LogP contribution is -2.43. The summed E-state index contributed by atoms with van der Waals surface area (Å²) in [5.74, 6) is -0.161. The van der Waals surface area contributed by atoms with Gasteiger partial charge in [0.05, 0.1) is 0 Å². The highest BCUT2D eigenvalue weighted by atomic mass is 16.5. The molecular formula is C39H78N4O4.